The van der Waals surface area contributed by atoms with Gasteiger partial charge in [0.25, 0.3) is 0 Å². The molecular weight excluding hydrogens is 264 g/mol. The minimum Gasteiger partial charge on any atom is -0.453 e. The third kappa shape index (κ3) is 2.81. The van der Waals surface area contributed by atoms with E-state index in [0.29, 0.717) is 5.69 Å². The summed E-state index contributed by atoms with van der Waals surface area (Å²) in [5, 5.41) is 5.18. The maximum atomic E-state index is 5.98. The highest BCUT2D eigenvalue weighted by Gasteiger charge is 2.08. The smallest absolute Gasteiger partial charge is 0.165 e. The SMILES string of the molecule is CCCn1cc(Oc2cc(C)nc3ccc(N)cc23)cn1. The van der Waals surface area contributed by atoms with E-state index in [-0.39, 0.29) is 0 Å². The number of hydrogen-bond donors (Lipinski definition) is 1. The second-order valence-electron chi connectivity index (χ2n) is 5.08. The molecule has 0 bridgehead atoms. The molecule has 2 aromatic heterocycles. The quantitative estimate of drug-likeness (QED) is 0.743. The zero-order valence-corrected chi connectivity index (χ0v) is 12.2. The van der Waals surface area contributed by atoms with Crippen LogP contribution in [0.5, 0.6) is 11.5 Å². The van der Waals surface area contributed by atoms with Gasteiger partial charge in [0, 0.05) is 29.4 Å². The summed E-state index contributed by atoms with van der Waals surface area (Å²) in [6.45, 7) is 4.94. The number of nitrogens with zero attached hydrogens (tertiary/aromatic N) is 3. The summed E-state index contributed by atoms with van der Waals surface area (Å²) in [5.41, 5.74) is 8.34. The summed E-state index contributed by atoms with van der Waals surface area (Å²) in [5.74, 6) is 1.47. The third-order valence-electron chi connectivity index (χ3n) is 3.21. The largest absolute Gasteiger partial charge is 0.453 e. The average Bonchev–Trinajstić information content (AvgIpc) is 2.87. The van der Waals surface area contributed by atoms with Crippen molar-refractivity contribution in [2.75, 3.05) is 5.73 Å². The Balaban J connectivity index is 2.00. The molecule has 0 unspecified atom stereocenters. The molecule has 0 aliphatic rings. The molecule has 0 aliphatic heterocycles. The normalized spacial score (nSPS) is 11.0. The van der Waals surface area contributed by atoms with Gasteiger partial charge in [-0.05, 0) is 31.5 Å². The first-order valence-electron chi connectivity index (χ1n) is 7.03. The molecule has 3 rings (SSSR count). The van der Waals surface area contributed by atoms with Crippen molar-refractivity contribution in [3.8, 4) is 11.5 Å². The Morgan fingerprint density at radius 2 is 2.14 bits per heavy atom. The van der Waals surface area contributed by atoms with Crippen LogP contribution in [0.3, 0.4) is 0 Å². The van der Waals surface area contributed by atoms with E-state index in [1.165, 1.54) is 0 Å². The van der Waals surface area contributed by atoms with Gasteiger partial charge in [-0.25, -0.2) is 0 Å². The van der Waals surface area contributed by atoms with E-state index >= 15 is 0 Å². The van der Waals surface area contributed by atoms with E-state index in [1.807, 2.05) is 42.1 Å². The van der Waals surface area contributed by atoms with Gasteiger partial charge < -0.3 is 10.5 Å². The first-order chi connectivity index (χ1) is 10.2. The Kier molecular flexibility index (Phi) is 3.48. The topological polar surface area (TPSA) is 66.0 Å². The number of pyridine rings is 1. The third-order valence-corrected chi connectivity index (χ3v) is 3.21. The summed E-state index contributed by atoms with van der Waals surface area (Å²) in [6, 6.07) is 7.55. The van der Waals surface area contributed by atoms with Crippen molar-refractivity contribution < 1.29 is 4.74 Å². The Labute approximate surface area is 123 Å². The number of nitrogen functional groups attached to an aromatic ring is 1. The highest BCUT2D eigenvalue weighted by atomic mass is 16.5. The lowest BCUT2D eigenvalue weighted by atomic mass is 10.1. The van der Waals surface area contributed by atoms with Crippen molar-refractivity contribution >= 4 is 16.6 Å². The molecule has 21 heavy (non-hydrogen) atoms. The number of hydrogen-bond acceptors (Lipinski definition) is 4. The van der Waals surface area contributed by atoms with Crippen LogP contribution in [0.15, 0.2) is 36.7 Å². The molecule has 3 aromatic rings. The number of ether oxygens (including phenoxy) is 1. The van der Waals surface area contributed by atoms with Crippen LogP contribution in [0, 0.1) is 6.92 Å². The predicted molar refractivity (Wildman–Crippen MR) is 83.5 cm³/mol. The second kappa shape index (κ2) is 5.44. The first kappa shape index (κ1) is 13.4. The molecule has 0 amide bonds. The standard InChI is InChI=1S/C16H18N4O/c1-3-6-20-10-13(9-18-20)21-16-7-11(2)19-15-5-4-12(17)8-14(15)16/h4-5,7-10H,3,6,17H2,1-2H3. The Hall–Kier alpha value is -2.56. The molecule has 0 radical (unpaired) electrons. The van der Waals surface area contributed by atoms with E-state index in [2.05, 4.69) is 17.0 Å². The number of anilines is 1. The fraction of sp³-hybridized carbons (Fsp3) is 0.250. The average molecular weight is 282 g/mol. The summed E-state index contributed by atoms with van der Waals surface area (Å²) < 4.78 is 7.85. The number of fused-ring (bicyclic) bond motifs is 1. The maximum Gasteiger partial charge on any atom is 0.165 e. The van der Waals surface area contributed by atoms with Gasteiger partial charge in [-0.2, -0.15) is 5.10 Å². The van der Waals surface area contributed by atoms with Gasteiger partial charge in [-0.1, -0.05) is 6.92 Å². The molecular formula is C16H18N4O. The van der Waals surface area contributed by atoms with Crippen molar-refractivity contribution in [3.63, 3.8) is 0 Å². The Bertz CT molecular complexity index is 779. The van der Waals surface area contributed by atoms with Crippen LogP contribution in [0.25, 0.3) is 10.9 Å². The van der Waals surface area contributed by atoms with Gasteiger partial charge in [0.15, 0.2) is 5.75 Å². The lowest BCUT2D eigenvalue weighted by molar-refractivity contribution is 0.485. The highest BCUT2D eigenvalue weighted by Crippen LogP contribution is 2.31. The number of aryl methyl sites for hydroxylation is 2. The lowest BCUT2D eigenvalue weighted by Gasteiger charge is -2.09. The van der Waals surface area contributed by atoms with Crippen molar-refractivity contribution in [2.24, 2.45) is 0 Å². The number of benzene rings is 1. The minimum atomic E-state index is 0.694. The molecule has 0 spiro atoms. The van der Waals surface area contributed by atoms with E-state index in [9.17, 15) is 0 Å². The van der Waals surface area contributed by atoms with E-state index < -0.39 is 0 Å². The van der Waals surface area contributed by atoms with E-state index in [0.717, 1.165) is 41.1 Å². The molecule has 0 aliphatic carbocycles. The van der Waals surface area contributed by atoms with Crippen molar-refractivity contribution in [1.82, 2.24) is 14.8 Å². The number of aromatic nitrogens is 3. The molecule has 5 heteroatoms. The maximum absolute atomic E-state index is 5.98. The Morgan fingerprint density at radius 3 is 2.95 bits per heavy atom. The molecule has 0 atom stereocenters. The van der Waals surface area contributed by atoms with Crippen molar-refractivity contribution in [1.29, 1.82) is 0 Å². The molecule has 0 fully saturated rings. The van der Waals surface area contributed by atoms with Crippen LogP contribution < -0.4 is 10.5 Å². The minimum absolute atomic E-state index is 0.694. The summed E-state index contributed by atoms with van der Waals surface area (Å²) >= 11 is 0. The number of nitrogens with two attached hydrogens (primary N) is 1. The van der Waals surface area contributed by atoms with Gasteiger partial charge >= 0.3 is 0 Å². The van der Waals surface area contributed by atoms with E-state index in [4.69, 9.17) is 10.5 Å². The van der Waals surface area contributed by atoms with Gasteiger partial charge in [-0.3, -0.25) is 9.67 Å². The van der Waals surface area contributed by atoms with Crippen LogP contribution in [-0.4, -0.2) is 14.8 Å². The molecule has 5 nitrogen and oxygen atoms in total. The summed E-state index contributed by atoms with van der Waals surface area (Å²) in [6.07, 6.45) is 4.66. The molecule has 108 valence electrons. The van der Waals surface area contributed by atoms with E-state index in [1.54, 1.807) is 6.20 Å². The zero-order chi connectivity index (χ0) is 14.8. The summed E-state index contributed by atoms with van der Waals surface area (Å²) in [4.78, 5) is 4.50. The Morgan fingerprint density at radius 1 is 1.29 bits per heavy atom. The zero-order valence-electron chi connectivity index (χ0n) is 12.2. The molecule has 2 N–H and O–H groups in total. The van der Waals surface area contributed by atoms with Crippen LogP contribution in [-0.2, 0) is 6.54 Å². The fourth-order valence-corrected chi connectivity index (χ4v) is 2.30. The monoisotopic (exact) mass is 282 g/mol. The van der Waals surface area contributed by atoms with Crippen LogP contribution in [0.1, 0.15) is 19.0 Å². The number of rotatable bonds is 4. The van der Waals surface area contributed by atoms with Crippen molar-refractivity contribution in [3.05, 3.63) is 42.4 Å². The van der Waals surface area contributed by atoms with Crippen LogP contribution in [0.4, 0.5) is 5.69 Å². The molecule has 1 aromatic carbocycles. The van der Waals surface area contributed by atoms with Crippen LogP contribution in [0.2, 0.25) is 0 Å². The van der Waals surface area contributed by atoms with Gasteiger partial charge in [0.1, 0.15) is 5.75 Å². The highest BCUT2D eigenvalue weighted by molar-refractivity contribution is 5.88. The predicted octanol–water partition coefficient (Wildman–Crippen LogP) is 3.52. The second-order valence-corrected chi connectivity index (χ2v) is 5.08. The van der Waals surface area contributed by atoms with Gasteiger partial charge in [0.05, 0.1) is 17.9 Å². The van der Waals surface area contributed by atoms with Crippen molar-refractivity contribution in [2.45, 2.75) is 26.8 Å². The first-order valence-corrected chi connectivity index (χ1v) is 7.03. The van der Waals surface area contributed by atoms with Gasteiger partial charge in [0.2, 0.25) is 0 Å². The van der Waals surface area contributed by atoms with Crippen LogP contribution >= 0.6 is 0 Å². The molecule has 0 saturated carbocycles. The van der Waals surface area contributed by atoms with Gasteiger partial charge in [-0.15, -0.1) is 0 Å². The fourth-order valence-electron chi connectivity index (χ4n) is 2.30. The molecule has 2 heterocycles. The lowest BCUT2D eigenvalue weighted by Crippen LogP contribution is -1.95. The molecule has 0 saturated heterocycles. The summed E-state index contributed by atoms with van der Waals surface area (Å²) in [7, 11) is 0.